The molecule has 6 rings (SSSR count). The highest BCUT2D eigenvalue weighted by Crippen LogP contribution is 2.57. The molecule has 3 saturated carbocycles. The van der Waals surface area contributed by atoms with E-state index in [1.165, 1.54) is 116 Å². The lowest BCUT2D eigenvalue weighted by atomic mass is 9.56. The van der Waals surface area contributed by atoms with Crippen LogP contribution in [0.15, 0.2) is 0 Å². The largest absolute Gasteiger partial charge is 0.306 e. The number of nitrogens with zero attached hydrogens (tertiary/aromatic N) is 3. The zero-order valence-corrected chi connectivity index (χ0v) is 19.3. The maximum atomic E-state index is 2.91. The summed E-state index contributed by atoms with van der Waals surface area (Å²) in [5.41, 5.74) is 2.28. The van der Waals surface area contributed by atoms with E-state index in [4.69, 9.17) is 0 Å². The van der Waals surface area contributed by atoms with E-state index in [1.54, 1.807) is 0 Å². The molecule has 0 radical (unpaired) electrons. The topological polar surface area (TPSA) is 9.72 Å². The number of rotatable bonds is 2. The fourth-order valence-corrected chi connectivity index (χ4v) is 8.86. The number of hydrogen-bond acceptors (Lipinski definition) is 3. The Balaban J connectivity index is 0.934. The average Bonchev–Trinajstić information content (AvgIpc) is 2.65. The standard InChI is InChI=1S/C26H45N3/c1-21-15-24(16-21)5-11-28(12-6-24)23-19-26(20-23)7-13-29(14-8-26)22-17-25(18-22)3-9-27(2)10-4-25/h21-23H,3-20H2,1-2H3. The first-order valence-electron chi connectivity index (χ1n) is 13.1. The van der Waals surface area contributed by atoms with Crippen LogP contribution in [-0.2, 0) is 0 Å². The van der Waals surface area contributed by atoms with Gasteiger partial charge in [0.05, 0.1) is 0 Å². The van der Waals surface area contributed by atoms with Gasteiger partial charge >= 0.3 is 0 Å². The Bertz CT molecular complexity index is 581. The van der Waals surface area contributed by atoms with E-state index >= 15 is 0 Å². The van der Waals surface area contributed by atoms with E-state index in [0.717, 1.165) is 34.2 Å². The second-order valence-electron chi connectivity index (χ2n) is 13.0. The molecule has 0 bridgehead atoms. The fourth-order valence-electron chi connectivity index (χ4n) is 8.86. The number of likely N-dealkylation sites (tertiary alicyclic amines) is 3. The van der Waals surface area contributed by atoms with Crippen LogP contribution >= 0.6 is 0 Å². The summed E-state index contributed by atoms with van der Waals surface area (Å²) in [6, 6.07) is 1.89. The van der Waals surface area contributed by atoms with Crippen molar-refractivity contribution in [2.75, 3.05) is 46.3 Å². The molecule has 0 aromatic carbocycles. The van der Waals surface area contributed by atoms with Crippen LogP contribution in [0.4, 0.5) is 0 Å². The van der Waals surface area contributed by atoms with Gasteiger partial charge < -0.3 is 14.7 Å². The molecule has 0 unspecified atom stereocenters. The highest BCUT2D eigenvalue weighted by atomic mass is 15.2. The first kappa shape index (κ1) is 19.6. The minimum atomic E-state index is 0.746. The molecule has 0 aromatic rings. The SMILES string of the molecule is CC1CC2(CCN(C3CC4(CCN(C5CC6(CCN(C)CC6)C5)CC4)C3)CC2)C1. The minimum Gasteiger partial charge on any atom is -0.306 e. The fraction of sp³-hybridized carbons (Fsp3) is 1.00. The first-order chi connectivity index (χ1) is 14.0. The van der Waals surface area contributed by atoms with Crippen molar-refractivity contribution in [3.05, 3.63) is 0 Å². The summed E-state index contributed by atoms with van der Waals surface area (Å²) in [5.74, 6) is 1.02. The van der Waals surface area contributed by atoms with Crippen LogP contribution in [0.1, 0.15) is 84.0 Å². The van der Waals surface area contributed by atoms with Crippen LogP contribution in [0.25, 0.3) is 0 Å². The van der Waals surface area contributed by atoms with E-state index in [-0.39, 0.29) is 0 Å². The average molecular weight is 400 g/mol. The molecule has 3 aliphatic heterocycles. The van der Waals surface area contributed by atoms with Crippen LogP contribution in [0.5, 0.6) is 0 Å². The first-order valence-corrected chi connectivity index (χ1v) is 13.1. The van der Waals surface area contributed by atoms with Crippen LogP contribution in [0.3, 0.4) is 0 Å². The normalized spacial score (nSPS) is 39.9. The summed E-state index contributed by atoms with van der Waals surface area (Å²) < 4.78 is 0. The summed E-state index contributed by atoms with van der Waals surface area (Å²) in [7, 11) is 2.30. The Kier molecular flexibility index (Phi) is 4.68. The Labute approximate surface area is 179 Å². The van der Waals surface area contributed by atoms with Crippen molar-refractivity contribution in [2.45, 2.75) is 96.1 Å². The summed E-state index contributed by atoms with van der Waals surface area (Å²) in [6.07, 6.45) is 18.1. The Morgan fingerprint density at radius 1 is 0.517 bits per heavy atom. The van der Waals surface area contributed by atoms with Crippen molar-refractivity contribution in [2.24, 2.45) is 22.2 Å². The second-order valence-corrected chi connectivity index (χ2v) is 13.0. The van der Waals surface area contributed by atoms with Gasteiger partial charge in [0.25, 0.3) is 0 Å². The lowest BCUT2D eigenvalue weighted by molar-refractivity contribution is -0.0997. The molecular formula is C26H45N3. The second kappa shape index (κ2) is 6.94. The summed E-state index contributed by atoms with van der Waals surface area (Å²) >= 11 is 0. The third kappa shape index (κ3) is 3.42. The Hall–Kier alpha value is -0.120. The van der Waals surface area contributed by atoms with E-state index < -0.39 is 0 Å². The van der Waals surface area contributed by atoms with E-state index in [9.17, 15) is 0 Å². The smallest absolute Gasteiger partial charge is 0.0106 e. The minimum absolute atomic E-state index is 0.746. The lowest BCUT2D eigenvalue weighted by Gasteiger charge is -2.61. The molecule has 3 heteroatoms. The zero-order chi connectivity index (χ0) is 19.7. The van der Waals surface area contributed by atoms with Gasteiger partial charge in [0.15, 0.2) is 0 Å². The molecule has 3 spiro atoms. The maximum absolute atomic E-state index is 2.91. The van der Waals surface area contributed by atoms with Crippen LogP contribution < -0.4 is 0 Å². The molecule has 3 saturated heterocycles. The predicted molar refractivity (Wildman–Crippen MR) is 120 cm³/mol. The third-order valence-electron chi connectivity index (χ3n) is 11.0. The van der Waals surface area contributed by atoms with Gasteiger partial charge in [-0.15, -0.1) is 0 Å². The van der Waals surface area contributed by atoms with Gasteiger partial charge in [0, 0.05) is 12.1 Å². The third-order valence-corrected chi connectivity index (χ3v) is 11.0. The molecule has 6 aliphatic rings. The van der Waals surface area contributed by atoms with Crippen molar-refractivity contribution < 1.29 is 0 Å². The van der Waals surface area contributed by atoms with Gasteiger partial charge in [-0.05, 0) is 146 Å². The zero-order valence-electron chi connectivity index (χ0n) is 19.3. The highest BCUT2D eigenvalue weighted by molar-refractivity contribution is 5.06. The van der Waals surface area contributed by atoms with Gasteiger partial charge in [0.1, 0.15) is 0 Å². The summed E-state index contributed by atoms with van der Waals surface area (Å²) in [4.78, 5) is 8.34. The molecule has 6 fully saturated rings. The van der Waals surface area contributed by atoms with Crippen molar-refractivity contribution in [1.82, 2.24) is 14.7 Å². The predicted octanol–water partition coefficient (Wildman–Crippen LogP) is 4.62. The molecule has 0 atom stereocenters. The van der Waals surface area contributed by atoms with Gasteiger partial charge in [-0.3, -0.25) is 0 Å². The quantitative estimate of drug-likeness (QED) is 0.671. The van der Waals surface area contributed by atoms with Crippen molar-refractivity contribution in [3.8, 4) is 0 Å². The molecule has 0 amide bonds. The number of hydrogen-bond donors (Lipinski definition) is 0. The molecule has 0 aromatic heterocycles. The van der Waals surface area contributed by atoms with E-state index in [0.29, 0.717) is 0 Å². The van der Waals surface area contributed by atoms with Gasteiger partial charge in [-0.2, -0.15) is 0 Å². The maximum Gasteiger partial charge on any atom is 0.0106 e. The van der Waals surface area contributed by atoms with Crippen molar-refractivity contribution >= 4 is 0 Å². The van der Waals surface area contributed by atoms with Gasteiger partial charge in [-0.1, -0.05) is 6.92 Å². The molecule has 3 nitrogen and oxygen atoms in total. The van der Waals surface area contributed by atoms with Crippen molar-refractivity contribution in [1.29, 1.82) is 0 Å². The Morgan fingerprint density at radius 3 is 1.24 bits per heavy atom. The van der Waals surface area contributed by atoms with E-state index in [1.807, 2.05) is 0 Å². The molecular weight excluding hydrogens is 354 g/mol. The summed E-state index contributed by atoms with van der Waals surface area (Å²) in [6.45, 7) is 10.8. The van der Waals surface area contributed by atoms with Gasteiger partial charge in [0.2, 0.25) is 0 Å². The van der Waals surface area contributed by atoms with Crippen LogP contribution in [-0.4, -0.2) is 73.1 Å². The van der Waals surface area contributed by atoms with Crippen LogP contribution in [0.2, 0.25) is 0 Å². The molecule has 3 heterocycles. The monoisotopic (exact) mass is 399 g/mol. The Morgan fingerprint density at radius 2 is 0.862 bits per heavy atom. The highest BCUT2D eigenvalue weighted by Gasteiger charge is 2.53. The van der Waals surface area contributed by atoms with E-state index in [2.05, 4.69) is 28.7 Å². The van der Waals surface area contributed by atoms with Crippen LogP contribution in [0, 0.1) is 22.2 Å². The molecule has 29 heavy (non-hydrogen) atoms. The van der Waals surface area contributed by atoms with Gasteiger partial charge in [-0.25, -0.2) is 0 Å². The number of piperidine rings is 3. The summed E-state index contributed by atoms with van der Waals surface area (Å²) in [5, 5.41) is 0. The molecule has 3 aliphatic carbocycles. The van der Waals surface area contributed by atoms with Crippen molar-refractivity contribution in [3.63, 3.8) is 0 Å². The molecule has 164 valence electrons. The lowest BCUT2D eigenvalue weighted by Crippen LogP contribution is -2.60. The molecule has 0 N–H and O–H groups in total.